The Bertz CT molecular complexity index is 583. The SMILES string of the molecule is Cc1ccc(-c2nc(C3CCN(C=O)CC3)no2)cc1. The van der Waals surface area contributed by atoms with Gasteiger partial charge >= 0.3 is 0 Å². The van der Waals surface area contributed by atoms with Gasteiger partial charge in [-0.1, -0.05) is 22.9 Å². The zero-order valence-electron chi connectivity index (χ0n) is 11.5. The van der Waals surface area contributed by atoms with Crippen molar-refractivity contribution >= 4 is 6.41 Å². The molecule has 1 saturated heterocycles. The normalized spacial score (nSPS) is 16.4. The zero-order valence-corrected chi connectivity index (χ0v) is 11.5. The molecule has 1 aromatic heterocycles. The number of hydrogen-bond donors (Lipinski definition) is 0. The maximum Gasteiger partial charge on any atom is 0.257 e. The molecule has 0 N–H and O–H groups in total. The molecule has 1 aliphatic rings. The average Bonchev–Trinajstić information content (AvgIpc) is 2.98. The molecule has 2 aromatic rings. The molecule has 104 valence electrons. The molecule has 0 bridgehead atoms. The lowest BCUT2D eigenvalue weighted by Gasteiger charge is -2.27. The Kier molecular flexibility index (Phi) is 3.50. The number of carbonyl (C=O) groups excluding carboxylic acids is 1. The summed E-state index contributed by atoms with van der Waals surface area (Å²) < 4.78 is 5.35. The molecule has 2 heterocycles. The van der Waals surface area contributed by atoms with Gasteiger partial charge in [0, 0.05) is 24.6 Å². The molecule has 5 nitrogen and oxygen atoms in total. The molecule has 0 unspecified atom stereocenters. The minimum Gasteiger partial charge on any atom is -0.345 e. The monoisotopic (exact) mass is 271 g/mol. The van der Waals surface area contributed by atoms with Crippen LogP contribution in [0.3, 0.4) is 0 Å². The van der Waals surface area contributed by atoms with Crippen molar-refractivity contribution in [3.63, 3.8) is 0 Å². The van der Waals surface area contributed by atoms with Crippen LogP contribution in [0.4, 0.5) is 0 Å². The topological polar surface area (TPSA) is 59.2 Å². The smallest absolute Gasteiger partial charge is 0.257 e. The molecule has 1 fully saturated rings. The van der Waals surface area contributed by atoms with Crippen LogP contribution in [0.1, 0.15) is 30.1 Å². The third kappa shape index (κ3) is 2.57. The maximum atomic E-state index is 10.7. The van der Waals surface area contributed by atoms with E-state index < -0.39 is 0 Å². The number of amides is 1. The highest BCUT2D eigenvalue weighted by Crippen LogP contribution is 2.27. The minimum atomic E-state index is 0.286. The van der Waals surface area contributed by atoms with Gasteiger partial charge in [-0.25, -0.2) is 0 Å². The first kappa shape index (κ1) is 12.8. The lowest BCUT2D eigenvalue weighted by molar-refractivity contribution is -0.119. The van der Waals surface area contributed by atoms with Crippen molar-refractivity contribution in [2.45, 2.75) is 25.7 Å². The van der Waals surface area contributed by atoms with E-state index in [1.165, 1.54) is 5.56 Å². The summed E-state index contributed by atoms with van der Waals surface area (Å²) in [5.74, 6) is 1.61. The third-order valence-corrected chi connectivity index (χ3v) is 3.78. The Morgan fingerprint density at radius 1 is 1.25 bits per heavy atom. The first-order chi connectivity index (χ1) is 9.76. The van der Waals surface area contributed by atoms with Crippen LogP contribution in [0, 0.1) is 6.92 Å². The summed E-state index contributed by atoms with van der Waals surface area (Å²) >= 11 is 0. The highest BCUT2D eigenvalue weighted by Gasteiger charge is 2.24. The Morgan fingerprint density at radius 3 is 2.60 bits per heavy atom. The summed E-state index contributed by atoms with van der Waals surface area (Å²) in [4.78, 5) is 17.0. The number of hydrogen-bond acceptors (Lipinski definition) is 4. The molecule has 1 aromatic carbocycles. The molecule has 5 heteroatoms. The summed E-state index contributed by atoms with van der Waals surface area (Å²) in [6.45, 7) is 3.58. The summed E-state index contributed by atoms with van der Waals surface area (Å²) in [6.07, 6.45) is 2.70. The molecule has 1 amide bonds. The number of likely N-dealkylation sites (tertiary alicyclic amines) is 1. The second-order valence-corrected chi connectivity index (χ2v) is 5.24. The van der Waals surface area contributed by atoms with Crippen LogP contribution in [0.25, 0.3) is 11.5 Å². The lowest BCUT2D eigenvalue weighted by atomic mass is 9.96. The second kappa shape index (κ2) is 5.45. The predicted molar refractivity (Wildman–Crippen MR) is 74.1 cm³/mol. The number of carbonyl (C=O) groups is 1. The number of nitrogens with zero attached hydrogens (tertiary/aromatic N) is 3. The van der Waals surface area contributed by atoms with Crippen LogP contribution in [0.15, 0.2) is 28.8 Å². The van der Waals surface area contributed by atoms with Gasteiger partial charge in [0.05, 0.1) is 0 Å². The Labute approximate surface area is 117 Å². The first-order valence-corrected chi connectivity index (χ1v) is 6.86. The molecule has 1 aliphatic heterocycles. The van der Waals surface area contributed by atoms with E-state index in [1.54, 1.807) is 4.90 Å². The fourth-order valence-electron chi connectivity index (χ4n) is 2.48. The van der Waals surface area contributed by atoms with Crippen molar-refractivity contribution in [2.24, 2.45) is 0 Å². The zero-order chi connectivity index (χ0) is 13.9. The minimum absolute atomic E-state index is 0.286. The highest BCUT2D eigenvalue weighted by molar-refractivity contribution is 5.53. The molecule has 3 rings (SSSR count). The van der Waals surface area contributed by atoms with Gasteiger partial charge in [-0.05, 0) is 31.9 Å². The van der Waals surface area contributed by atoms with E-state index >= 15 is 0 Å². The number of benzene rings is 1. The maximum absolute atomic E-state index is 10.7. The van der Waals surface area contributed by atoms with Crippen LogP contribution < -0.4 is 0 Å². The van der Waals surface area contributed by atoms with Gasteiger partial charge in [-0.15, -0.1) is 0 Å². The largest absolute Gasteiger partial charge is 0.345 e. The molecule has 0 aliphatic carbocycles. The van der Waals surface area contributed by atoms with E-state index in [9.17, 15) is 4.79 Å². The molecular formula is C15H17N3O2. The summed E-state index contributed by atoms with van der Waals surface area (Å²) in [5.41, 5.74) is 2.15. The van der Waals surface area contributed by atoms with E-state index in [-0.39, 0.29) is 5.92 Å². The Balaban J connectivity index is 1.74. The highest BCUT2D eigenvalue weighted by atomic mass is 16.5. The predicted octanol–water partition coefficient (Wildman–Crippen LogP) is 2.38. The molecular weight excluding hydrogens is 254 g/mol. The van der Waals surface area contributed by atoms with E-state index in [2.05, 4.69) is 10.1 Å². The van der Waals surface area contributed by atoms with Crippen molar-refractivity contribution in [1.29, 1.82) is 0 Å². The van der Waals surface area contributed by atoms with Crippen LogP contribution in [-0.2, 0) is 4.79 Å². The average molecular weight is 271 g/mol. The van der Waals surface area contributed by atoms with Crippen LogP contribution in [0.2, 0.25) is 0 Å². The number of aromatic nitrogens is 2. The quantitative estimate of drug-likeness (QED) is 0.804. The molecule has 20 heavy (non-hydrogen) atoms. The Hall–Kier alpha value is -2.17. The summed E-state index contributed by atoms with van der Waals surface area (Å²) in [5, 5.41) is 4.10. The fraction of sp³-hybridized carbons (Fsp3) is 0.400. The van der Waals surface area contributed by atoms with Crippen molar-refractivity contribution in [3.05, 3.63) is 35.7 Å². The van der Waals surface area contributed by atoms with Gasteiger partial charge in [0.25, 0.3) is 5.89 Å². The molecule has 0 spiro atoms. The summed E-state index contributed by atoms with van der Waals surface area (Å²) in [6, 6.07) is 8.03. The van der Waals surface area contributed by atoms with Crippen LogP contribution in [0.5, 0.6) is 0 Å². The fourth-order valence-corrected chi connectivity index (χ4v) is 2.48. The van der Waals surface area contributed by atoms with Crippen molar-refractivity contribution in [2.75, 3.05) is 13.1 Å². The second-order valence-electron chi connectivity index (χ2n) is 5.24. The third-order valence-electron chi connectivity index (χ3n) is 3.78. The first-order valence-electron chi connectivity index (χ1n) is 6.86. The lowest BCUT2D eigenvalue weighted by Crippen LogP contribution is -2.31. The van der Waals surface area contributed by atoms with Crippen LogP contribution >= 0.6 is 0 Å². The number of aryl methyl sites for hydroxylation is 1. The number of rotatable bonds is 3. The Morgan fingerprint density at radius 2 is 1.95 bits per heavy atom. The van der Waals surface area contributed by atoms with Crippen LogP contribution in [-0.4, -0.2) is 34.5 Å². The van der Waals surface area contributed by atoms with Gasteiger partial charge in [-0.2, -0.15) is 4.98 Å². The van der Waals surface area contributed by atoms with E-state index in [0.29, 0.717) is 5.89 Å². The van der Waals surface area contributed by atoms with Gasteiger partial charge in [0.15, 0.2) is 5.82 Å². The van der Waals surface area contributed by atoms with Gasteiger partial charge < -0.3 is 9.42 Å². The molecule has 0 saturated carbocycles. The number of piperidine rings is 1. The standard InChI is InChI=1S/C15H17N3O2/c1-11-2-4-13(5-3-11)15-16-14(17-20-15)12-6-8-18(10-19)9-7-12/h2-5,10,12H,6-9H2,1H3. The van der Waals surface area contributed by atoms with Gasteiger partial charge in [0.2, 0.25) is 6.41 Å². The summed E-state index contributed by atoms with van der Waals surface area (Å²) in [7, 11) is 0. The van der Waals surface area contributed by atoms with E-state index in [4.69, 9.17) is 4.52 Å². The van der Waals surface area contributed by atoms with Gasteiger partial charge in [-0.3, -0.25) is 4.79 Å². The molecule has 0 atom stereocenters. The van der Waals surface area contributed by atoms with E-state index in [0.717, 1.165) is 43.7 Å². The van der Waals surface area contributed by atoms with Crippen molar-refractivity contribution in [3.8, 4) is 11.5 Å². The van der Waals surface area contributed by atoms with Gasteiger partial charge in [0.1, 0.15) is 0 Å². The van der Waals surface area contributed by atoms with Crippen molar-refractivity contribution in [1.82, 2.24) is 15.0 Å². The molecule has 0 radical (unpaired) electrons. The van der Waals surface area contributed by atoms with Crippen molar-refractivity contribution < 1.29 is 9.32 Å². The van der Waals surface area contributed by atoms with E-state index in [1.807, 2.05) is 31.2 Å².